The number of carbonyl (C=O) groups is 3. The minimum Gasteiger partial charge on any atom is -0.481 e. The van der Waals surface area contributed by atoms with Gasteiger partial charge in [0.1, 0.15) is 5.78 Å². The Morgan fingerprint density at radius 3 is 2.06 bits per heavy atom. The summed E-state index contributed by atoms with van der Waals surface area (Å²) in [4.78, 5) is 33.1. The number of carboxylic acid groups (broad SMARTS) is 1. The first-order chi connectivity index (χ1) is 7.73. The van der Waals surface area contributed by atoms with E-state index < -0.39 is 11.9 Å². The highest BCUT2D eigenvalue weighted by Crippen LogP contribution is 2.08. The van der Waals surface area contributed by atoms with Crippen LogP contribution >= 0.6 is 0 Å². The zero-order valence-corrected chi connectivity index (χ0v) is 10.8. The zero-order chi connectivity index (χ0) is 13.6. The van der Waals surface area contributed by atoms with Crippen molar-refractivity contribution in [2.75, 3.05) is 0 Å². The number of carboxylic acids is 1. The van der Waals surface area contributed by atoms with Crippen LogP contribution in [0, 0.1) is 11.8 Å². The number of rotatable bonds is 7. The molecule has 98 valence electrons. The fourth-order valence-corrected chi connectivity index (χ4v) is 1.45. The van der Waals surface area contributed by atoms with Gasteiger partial charge in [0.15, 0.2) is 0 Å². The molecule has 0 aromatic rings. The van der Waals surface area contributed by atoms with E-state index in [2.05, 4.69) is 5.32 Å². The molecule has 0 fully saturated rings. The van der Waals surface area contributed by atoms with Gasteiger partial charge in [-0.1, -0.05) is 13.8 Å². The van der Waals surface area contributed by atoms with Crippen molar-refractivity contribution in [3.63, 3.8) is 0 Å². The van der Waals surface area contributed by atoms with E-state index in [9.17, 15) is 14.4 Å². The summed E-state index contributed by atoms with van der Waals surface area (Å²) in [5.41, 5.74) is 0. The second kappa shape index (κ2) is 7.04. The van der Waals surface area contributed by atoms with E-state index >= 15 is 0 Å². The van der Waals surface area contributed by atoms with Crippen molar-refractivity contribution in [3.05, 3.63) is 0 Å². The van der Waals surface area contributed by atoms with Crippen LogP contribution in [-0.4, -0.2) is 28.8 Å². The minimum absolute atomic E-state index is 0.0336. The first-order valence-corrected chi connectivity index (χ1v) is 5.76. The Labute approximate surface area is 102 Å². The van der Waals surface area contributed by atoms with Crippen LogP contribution in [0.2, 0.25) is 0 Å². The number of aliphatic carboxylic acids is 1. The molecule has 17 heavy (non-hydrogen) atoms. The van der Waals surface area contributed by atoms with E-state index in [0.717, 1.165) is 0 Å². The van der Waals surface area contributed by atoms with Crippen LogP contribution in [0.4, 0.5) is 0 Å². The van der Waals surface area contributed by atoms with Gasteiger partial charge in [-0.15, -0.1) is 0 Å². The molecule has 0 saturated carbocycles. The Kier molecular flexibility index (Phi) is 6.46. The molecule has 0 aromatic heterocycles. The quantitative estimate of drug-likeness (QED) is 0.704. The van der Waals surface area contributed by atoms with Crippen LogP contribution in [0.5, 0.6) is 0 Å². The molecule has 5 nitrogen and oxygen atoms in total. The number of hydrogen-bond acceptors (Lipinski definition) is 3. The molecule has 0 spiro atoms. The topological polar surface area (TPSA) is 83.5 Å². The lowest BCUT2D eigenvalue weighted by Crippen LogP contribution is -2.36. The van der Waals surface area contributed by atoms with Gasteiger partial charge in [-0.25, -0.2) is 0 Å². The van der Waals surface area contributed by atoms with Crippen molar-refractivity contribution in [1.29, 1.82) is 0 Å². The highest BCUT2D eigenvalue weighted by atomic mass is 16.4. The standard InChI is InChI=1S/C12H21NO4/c1-7(10(4)14)5-9(3)13-11(15)6-8(2)12(16)17/h7-9H,5-6H2,1-4H3,(H,13,15)(H,16,17). The first kappa shape index (κ1) is 15.6. The summed E-state index contributed by atoms with van der Waals surface area (Å²) < 4.78 is 0. The maximum Gasteiger partial charge on any atom is 0.306 e. The maximum absolute atomic E-state index is 11.5. The van der Waals surface area contributed by atoms with Crippen LogP contribution in [0.1, 0.15) is 40.5 Å². The summed E-state index contributed by atoms with van der Waals surface area (Å²) in [6, 6.07) is -0.123. The van der Waals surface area contributed by atoms with Crippen molar-refractivity contribution in [3.8, 4) is 0 Å². The van der Waals surface area contributed by atoms with Gasteiger partial charge in [0.25, 0.3) is 0 Å². The van der Waals surface area contributed by atoms with Crippen LogP contribution in [-0.2, 0) is 14.4 Å². The minimum atomic E-state index is -0.982. The molecule has 0 aliphatic rings. The van der Waals surface area contributed by atoms with E-state index in [-0.39, 0.29) is 30.1 Å². The zero-order valence-electron chi connectivity index (χ0n) is 10.8. The van der Waals surface area contributed by atoms with Gasteiger partial charge in [0.05, 0.1) is 5.92 Å². The second-order valence-corrected chi connectivity index (χ2v) is 4.66. The number of nitrogens with one attached hydrogen (secondary N) is 1. The smallest absolute Gasteiger partial charge is 0.306 e. The molecule has 0 radical (unpaired) electrons. The summed E-state index contributed by atoms with van der Waals surface area (Å²) in [6.07, 6.45) is 0.538. The molecule has 0 heterocycles. The SMILES string of the molecule is CC(=O)C(C)CC(C)NC(=O)CC(C)C(=O)O. The van der Waals surface area contributed by atoms with Crippen LogP contribution in [0.25, 0.3) is 0 Å². The van der Waals surface area contributed by atoms with E-state index in [1.165, 1.54) is 13.8 Å². The van der Waals surface area contributed by atoms with Gasteiger partial charge in [0, 0.05) is 18.4 Å². The number of amides is 1. The second-order valence-electron chi connectivity index (χ2n) is 4.66. The highest BCUT2D eigenvalue weighted by Gasteiger charge is 2.18. The molecule has 0 aliphatic heterocycles. The van der Waals surface area contributed by atoms with Crippen LogP contribution in [0.15, 0.2) is 0 Å². The maximum atomic E-state index is 11.5. The average Bonchev–Trinajstić information content (AvgIpc) is 2.16. The molecule has 1 amide bonds. The van der Waals surface area contributed by atoms with E-state index in [0.29, 0.717) is 6.42 Å². The Hall–Kier alpha value is -1.39. The van der Waals surface area contributed by atoms with Gasteiger partial charge < -0.3 is 10.4 Å². The van der Waals surface area contributed by atoms with Crippen LogP contribution in [0.3, 0.4) is 0 Å². The Morgan fingerprint density at radius 2 is 1.65 bits per heavy atom. The van der Waals surface area contributed by atoms with Crippen molar-refractivity contribution < 1.29 is 19.5 Å². The highest BCUT2D eigenvalue weighted by molar-refractivity contribution is 5.82. The fourth-order valence-electron chi connectivity index (χ4n) is 1.45. The predicted octanol–water partition coefficient (Wildman–Crippen LogP) is 1.22. The lowest BCUT2D eigenvalue weighted by Gasteiger charge is -2.17. The van der Waals surface area contributed by atoms with Crippen molar-refractivity contribution in [2.24, 2.45) is 11.8 Å². The third-order valence-corrected chi connectivity index (χ3v) is 2.72. The van der Waals surface area contributed by atoms with Gasteiger partial charge in [0.2, 0.25) is 5.91 Å². The van der Waals surface area contributed by atoms with E-state index in [4.69, 9.17) is 5.11 Å². The Bertz CT molecular complexity index is 301. The van der Waals surface area contributed by atoms with Crippen molar-refractivity contribution >= 4 is 17.7 Å². The van der Waals surface area contributed by atoms with Crippen LogP contribution < -0.4 is 5.32 Å². The molecule has 3 atom stereocenters. The fraction of sp³-hybridized carbons (Fsp3) is 0.750. The third kappa shape index (κ3) is 6.71. The molecule has 2 N–H and O–H groups in total. The average molecular weight is 243 g/mol. The van der Waals surface area contributed by atoms with Crippen molar-refractivity contribution in [1.82, 2.24) is 5.32 Å². The molecule has 0 aliphatic carbocycles. The number of carbonyl (C=O) groups excluding carboxylic acids is 2. The predicted molar refractivity (Wildman–Crippen MR) is 63.5 cm³/mol. The van der Waals surface area contributed by atoms with Gasteiger partial charge in [-0.2, -0.15) is 0 Å². The number of ketones is 1. The van der Waals surface area contributed by atoms with Gasteiger partial charge in [-0.05, 0) is 20.3 Å². The lowest BCUT2D eigenvalue weighted by molar-refractivity contribution is -0.143. The van der Waals surface area contributed by atoms with Crippen molar-refractivity contribution in [2.45, 2.75) is 46.6 Å². The molecular weight excluding hydrogens is 222 g/mol. The number of Topliss-reactive ketones (excluding diaryl/α,β-unsaturated/α-hetero) is 1. The third-order valence-electron chi connectivity index (χ3n) is 2.72. The summed E-state index contributed by atoms with van der Waals surface area (Å²) in [5, 5.41) is 11.4. The first-order valence-electron chi connectivity index (χ1n) is 5.76. The molecule has 3 unspecified atom stereocenters. The monoisotopic (exact) mass is 243 g/mol. The molecule has 0 saturated heterocycles. The molecule has 0 rings (SSSR count). The Morgan fingerprint density at radius 1 is 1.12 bits per heavy atom. The normalized spacial score (nSPS) is 15.8. The van der Waals surface area contributed by atoms with Gasteiger partial charge in [-0.3, -0.25) is 14.4 Å². The molecular formula is C12H21NO4. The molecule has 0 bridgehead atoms. The molecule has 5 heteroatoms. The van der Waals surface area contributed by atoms with E-state index in [1.807, 2.05) is 13.8 Å². The molecule has 0 aromatic carbocycles. The summed E-state index contributed by atoms with van der Waals surface area (Å²) >= 11 is 0. The largest absolute Gasteiger partial charge is 0.481 e. The number of hydrogen-bond donors (Lipinski definition) is 2. The summed E-state index contributed by atoms with van der Waals surface area (Å²) in [5.74, 6) is -1.97. The summed E-state index contributed by atoms with van der Waals surface area (Å²) in [6.45, 7) is 6.63. The lowest BCUT2D eigenvalue weighted by atomic mass is 9.99. The summed E-state index contributed by atoms with van der Waals surface area (Å²) in [7, 11) is 0. The Balaban J connectivity index is 4.04. The van der Waals surface area contributed by atoms with Gasteiger partial charge >= 0.3 is 5.97 Å². The van der Waals surface area contributed by atoms with E-state index in [1.54, 1.807) is 0 Å².